The van der Waals surface area contributed by atoms with Crippen LogP contribution in [0.5, 0.6) is 0 Å². The maximum absolute atomic E-state index is 11.5. The summed E-state index contributed by atoms with van der Waals surface area (Å²) < 4.78 is 10.4. The summed E-state index contributed by atoms with van der Waals surface area (Å²) in [5.74, 6) is -0.0487. The highest BCUT2D eigenvalue weighted by Gasteiger charge is 2.21. The third kappa shape index (κ3) is 5.14. The molecule has 1 saturated heterocycles. The highest BCUT2D eigenvalue weighted by Crippen LogP contribution is 2.11. The monoisotopic (exact) mass is 215 g/mol. The van der Waals surface area contributed by atoms with Crippen molar-refractivity contribution < 1.29 is 14.3 Å². The molecule has 0 aliphatic carbocycles. The maximum Gasteiger partial charge on any atom is 0.310 e. The minimum atomic E-state index is -0.0884. The number of carbonyl (C=O) groups excluding carboxylic acids is 1. The second-order valence-corrected chi connectivity index (χ2v) is 4.13. The molecule has 1 aliphatic heterocycles. The van der Waals surface area contributed by atoms with E-state index in [1.807, 2.05) is 13.8 Å². The smallest absolute Gasteiger partial charge is 0.310 e. The van der Waals surface area contributed by atoms with Crippen LogP contribution in [0.25, 0.3) is 0 Å². The number of ether oxygens (including phenoxy) is 2. The first-order valence-electron chi connectivity index (χ1n) is 5.69. The summed E-state index contributed by atoms with van der Waals surface area (Å²) in [6.45, 7) is 6.56. The van der Waals surface area contributed by atoms with Crippen LogP contribution in [0.4, 0.5) is 0 Å². The summed E-state index contributed by atoms with van der Waals surface area (Å²) in [5, 5.41) is 3.19. The van der Waals surface area contributed by atoms with Crippen LogP contribution in [0.1, 0.15) is 26.7 Å². The molecule has 1 fully saturated rings. The molecule has 0 unspecified atom stereocenters. The first kappa shape index (κ1) is 12.5. The SMILES string of the molecule is CC(C)OCCOC(=O)[C@H]1CCCNC1. The lowest BCUT2D eigenvalue weighted by atomic mass is 10.0. The van der Waals surface area contributed by atoms with Gasteiger partial charge in [0.1, 0.15) is 6.61 Å². The third-order valence-electron chi connectivity index (χ3n) is 2.41. The fraction of sp³-hybridized carbons (Fsp3) is 0.909. The highest BCUT2D eigenvalue weighted by atomic mass is 16.6. The number of rotatable bonds is 5. The first-order chi connectivity index (χ1) is 7.20. The topological polar surface area (TPSA) is 47.6 Å². The first-order valence-corrected chi connectivity index (χ1v) is 5.69. The van der Waals surface area contributed by atoms with Crippen LogP contribution in [-0.2, 0) is 14.3 Å². The van der Waals surface area contributed by atoms with Gasteiger partial charge in [-0.15, -0.1) is 0 Å². The van der Waals surface area contributed by atoms with Crippen LogP contribution in [0, 0.1) is 5.92 Å². The average Bonchev–Trinajstić information content (AvgIpc) is 2.25. The number of carbonyl (C=O) groups is 1. The van der Waals surface area contributed by atoms with E-state index in [-0.39, 0.29) is 18.0 Å². The predicted molar refractivity (Wildman–Crippen MR) is 57.6 cm³/mol. The molecular formula is C11H21NO3. The van der Waals surface area contributed by atoms with Gasteiger partial charge in [0.15, 0.2) is 0 Å². The van der Waals surface area contributed by atoms with Crippen molar-refractivity contribution in [2.75, 3.05) is 26.3 Å². The zero-order chi connectivity index (χ0) is 11.1. The fourth-order valence-electron chi connectivity index (χ4n) is 1.60. The molecule has 0 radical (unpaired) electrons. The number of piperidine rings is 1. The Bertz CT molecular complexity index is 188. The van der Waals surface area contributed by atoms with Gasteiger partial charge in [0.05, 0.1) is 18.6 Å². The minimum absolute atomic E-state index is 0.0396. The molecule has 88 valence electrons. The van der Waals surface area contributed by atoms with Gasteiger partial charge >= 0.3 is 5.97 Å². The van der Waals surface area contributed by atoms with Crippen LogP contribution in [-0.4, -0.2) is 38.4 Å². The average molecular weight is 215 g/mol. The second-order valence-electron chi connectivity index (χ2n) is 4.13. The summed E-state index contributed by atoms with van der Waals surface area (Å²) in [7, 11) is 0. The standard InChI is InChI=1S/C11H21NO3/c1-9(2)14-6-7-15-11(13)10-4-3-5-12-8-10/h9-10,12H,3-8H2,1-2H3/t10-/m0/s1. The Morgan fingerprint density at radius 1 is 1.47 bits per heavy atom. The Morgan fingerprint density at radius 3 is 2.87 bits per heavy atom. The molecule has 15 heavy (non-hydrogen) atoms. The summed E-state index contributed by atoms with van der Waals surface area (Å²) in [6.07, 6.45) is 2.19. The zero-order valence-electron chi connectivity index (χ0n) is 9.62. The van der Waals surface area contributed by atoms with E-state index in [1.165, 1.54) is 0 Å². The van der Waals surface area contributed by atoms with E-state index in [9.17, 15) is 4.79 Å². The minimum Gasteiger partial charge on any atom is -0.463 e. The number of hydrogen-bond acceptors (Lipinski definition) is 4. The fourth-order valence-corrected chi connectivity index (χ4v) is 1.60. The van der Waals surface area contributed by atoms with E-state index in [1.54, 1.807) is 0 Å². The maximum atomic E-state index is 11.5. The van der Waals surface area contributed by atoms with Crippen molar-refractivity contribution in [1.29, 1.82) is 0 Å². The largest absolute Gasteiger partial charge is 0.463 e. The molecule has 0 amide bonds. The van der Waals surface area contributed by atoms with Crippen molar-refractivity contribution in [3.63, 3.8) is 0 Å². The summed E-state index contributed by atoms with van der Waals surface area (Å²) >= 11 is 0. The van der Waals surface area contributed by atoms with Gasteiger partial charge in [0.2, 0.25) is 0 Å². The lowest BCUT2D eigenvalue weighted by molar-refractivity contribution is -0.151. The third-order valence-corrected chi connectivity index (χ3v) is 2.41. The van der Waals surface area contributed by atoms with Crippen LogP contribution in [0.3, 0.4) is 0 Å². The van der Waals surface area contributed by atoms with Crippen molar-refractivity contribution in [2.24, 2.45) is 5.92 Å². The molecule has 0 saturated carbocycles. The molecular weight excluding hydrogens is 194 g/mol. The molecule has 0 aromatic rings. The Morgan fingerprint density at radius 2 is 2.27 bits per heavy atom. The van der Waals surface area contributed by atoms with E-state index in [0.29, 0.717) is 13.2 Å². The van der Waals surface area contributed by atoms with Crippen LogP contribution >= 0.6 is 0 Å². The Balaban J connectivity index is 2.07. The van der Waals surface area contributed by atoms with Crippen molar-refractivity contribution in [2.45, 2.75) is 32.8 Å². The molecule has 1 rings (SSSR count). The van der Waals surface area contributed by atoms with E-state index in [0.717, 1.165) is 25.9 Å². The van der Waals surface area contributed by atoms with Gasteiger partial charge in [-0.2, -0.15) is 0 Å². The van der Waals surface area contributed by atoms with Crippen LogP contribution in [0.2, 0.25) is 0 Å². The van der Waals surface area contributed by atoms with Gasteiger partial charge in [-0.3, -0.25) is 4.79 Å². The normalized spacial score (nSPS) is 21.7. The molecule has 0 spiro atoms. The molecule has 1 heterocycles. The van der Waals surface area contributed by atoms with E-state index < -0.39 is 0 Å². The summed E-state index contributed by atoms with van der Waals surface area (Å²) in [6, 6.07) is 0. The highest BCUT2D eigenvalue weighted by molar-refractivity contribution is 5.72. The van der Waals surface area contributed by atoms with Gasteiger partial charge in [0.25, 0.3) is 0 Å². The molecule has 4 heteroatoms. The quantitative estimate of drug-likeness (QED) is 0.548. The van der Waals surface area contributed by atoms with Gasteiger partial charge in [-0.1, -0.05) is 0 Å². The molecule has 1 N–H and O–H groups in total. The Labute approximate surface area is 91.3 Å². The molecule has 1 atom stereocenters. The van der Waals surface area contributed by atoms with Crippen LogP contribution < -0.4 is 5.32 Å². The Kier molecular flexibility index (Phi) is 5.65. The molecule has 0 aromatic heterocycles. The van der Waals surface area contributed by atoms with Gasteiger partial charge in [-0.05, 0) is 33.2 Å². The van der Waals surface area contributed by atoms with Crippen molar-refractivity contribution in [3.8, 4) is 0 Å². The van der Waals surface area contributed by atoms with Crippen molar-refractivity contribution in [3.05, 3.63) is 0 Å². The predicted octanol–water partition coefficient (Wildman–Crippen LogP) is 0.954. The summed E-state index contributed by atoms with van der Waals surface area (Å²) in [4.78, 5) is 11.5. The number of nitrogens with one attached hydrogen (secondary N) is 1. The van der Waals surface area contributed by atoms with Gasteiger partial charge in [0, 0.05) is 6.54 Å². The van der Waals surface area contributed by atoms with Crippen molar-refractivity contribution in [1.82, 2.24) is 5.32 Å². The zero-order valence-corrected chi connectivity index (χ0v) is 9.62. The summed E-state index contributed by atoms with van der Waals surface area (Å²) in [5.41, 5.74) is 0. The second kappa shape index (κ2) is 6.80. The molecule has 4 nitrogen and oxygen atoms in total. The molecule has 1 aliphatic rings. The lowest BCUT2D eigenvalue weighted by Gasteiger charge is -2.21. The van der Waals surface area contributed by atoms with Crippen LogP contribution in [0.15, 0.2) is 0 Å². The van der Waals surface area contributed by atoms with Crippen molar-refractivity contribution >= 4 is 5.97 Å². The van der Waals surface area contributed by atoms with E-state index in [4.69, 9.17) is 9.47 Å². The van der Waals surface area contributed by atoms with E-state index in [2.05, 4.69) is 5.32 Å². The van der Waals surface area contributed by atoms with Gasteiger partial charge < -0.3 is 14.8 Å². The molecule has 0 bridgehead atoms. The Hall–Kier alpha value is -0.610. The lowest BCUT2D eigenvalue weighted by Crippen LogP contribution is -2.35. The van der Waals surface area contributed by atoms with Gasteiger partial charge in [-0.25, -0.2) is 0 Å². The molecule has 0 aromatic carbocycles. The number of hydrogen-bond donors (Lipinski definition) is 1. The number of esters is 1. The van der Waals surface area contributed by atoms with E-state index >= 15 is 0 Å².